The fraction of sp³-hybridized carbons (Fsp3) is 0.381. The molecule has 29 heavy (non-hydrogen) atoms. The van der Waals surface area contributed by atoms with Gasteiger partial charge >= 0.3 is 0 Å². The van der Waals surface area contributed by atoms with Gasteiger partial charge in [0.05, 0.1) is 42.6 Å². The minimum absolute atomic E-state index is 0.0167. The van der Waals surface area contributed by atoms with Crippen molar-refractivity contribution in [3.05, 3.63) is 52.1 Å². The van der Waals surface area contributed by atoms with Crippen molar-refractivity contribution in [2.75, 3.05) is 19.5 Å². The molecule has 0 atom stereocenters. The molecule has 0 bridgehead atoms. The second-order valence-electron chi connectivity index (χ2n) is 6.84. The van der Waals surface area contributed by atoms with E-state index in [1.165, 1.54) is 32.4 Å². The number of benzene rings is 2. The zero-order valence-electron chi connectivity index (χ0n) is 16.5. The van der Waals surface area contributed by atoms with E-state index in [0.29, 0.717) is 28.5 Å². The molecule has 154 valence electrons. The van der Waals surface area contributed by atoms with Gasteiger partial charge in [-0.25, -0.2) is 0 Å². The Morgan fingerprint density at radius 3 is 2.45 bits per heavy atom. The number of carbonyl (C=O) groups is 1. The molecule has 1 amide bonds. The Bertz CT molecular complexity index is 893. The molecule has 2 aromatic rings. The van der Waals surface area contributed by atoms with Gasteiger partial charge in [0.1, 0.15) is 17.2 Å². The smallest absolute Gasteiger partial charge is 0.273 e. The molecule has 1 aliphatic rings. The first-order valence-corrected chi connectivity index (χ1v) is 9.50. The number of nitro groups is 1. The average molecular weight is 400 g/mol. The van der Waals surface area contributed by atoms with Crippen LogP contribution in [0.1, 0.15) is 42.5 Å². The SMILES string of the molecule is COc1ccc(C(=O)Nc2ccc([N+](=O)[O-])cc2OC2CCCCC2)c(OC)c1. The Kier molecular flexibility index (Phi) is 6.54. The molecule has 8 nitrogen and oxygen atoms in total. The molecule has 1 N–H and O–H groups in total. The van der Waals surface area contributed by atoms with Crippen molar-refractivity contribution in [1.29, 1.82) is 0 Å². The van der Waals surface area contributed by atoms with Crippen LogP contribution in [0.25, 0.3) is 0 Å². The minimum Gasteiger partial charge on any atom is -0.497 e. The predicted octanol–water partition coefficient (Wildman–Crippen LogP) is 4.58. The maximum Gasteiger partial charge on any atom is 0.273 e. The first-order valence-electron chi connectivity index (χ1n) is 9.50. The number of rotatable bonds is 7. The van der Waals surface area contributed by atoms with E-state index < -0.39 is 10.8 Å². The number of anilines is 1. The Hall–Kier alpha value is -3.29. The summed E-state index contributed by atoms with van der Waals surface area (Å²) in [5.41, 5.74) is 0.607. The van der Waals surface area contributed by atoms with Gasteiger partial charge in [-0.3, -0.25) is 14.9 Å². The van der Waals surface area contributed by atoms with Gasteiger partial charge in [0.25, 0.3) is 11.6 Å². The van der Waals surface area contributed by atoms with Crippen LogP contribution in [0.15, 0.2) is 36.4 Å². The Labute approximate surface area is 168 Å². The number of non-ortho nitro benzene ring substituents is 1. The third-order valence-corrected chi connectivity index (χ3v) is 4.92. The number of nitro benzene ring substituents is 1. The molecule has 0 aliphatic heterocycles. The lowest BCUT2D eigenvalue weighted by molar-refractivity contribution is -0.384. The van der Waals surface area contributed by atoms with Crippen LogP contribution in [-0.2, 0) is 0 Å². The number of hydrogen-bond donors (Lipinski definition) is 1. The number of nitrogens with one attached hydrogen (secondary N) is 1. The first kappa shape index (κ1) is 20.4. The Balaban J connectivity index is 1.87. The second kappa shape index (κ2) is 9.27. The van der Waals surface area contributed by atoms with Crippen molar-refractivity contribution >= 4 is 17.3 Å². The number of carbonyl (C=O) groups excluding carboxylic acids is 1. The molecular formula is C21H24N2O6. The molecule has 0 saturated heterocycles. The fourth-order valence-electron chi connectivity index (χ4n) is 3.36. The molecule has 2 aromatic carbocycles. The molecule has 0 radical (unpaired) electrons. The largest absolute Gasteiger partial charge is 0.497 e. The predicted molar refractivity (Wildman–Crippen MR) is 108 cm³/mol. The highest BCUT2D eigenvalue weighted by atomic mass is 16.6. The van der Waals surface area contributed by atoms with Gasteiger partial charge in [-0.05, 0) is 43.9 Å². The lowest BCUT2D eigenvalue weighted by Crippen LogP contribution is -2.21. The van der Waals surface area contributed by atoms with Crippen molar-refractivity contribution in [3.63, 3.8) is 0 Å². The van der Waals surface area contributed by atoms with Crippen LogP contribution < -0.4 is 19.5 Å². The van der Waals surface area contributed by atoms with E-state index in [4.69, 9.17) is 14.2 Å². The van der Waals surface area contributed by atoms with Crippen molar-refractivity contribution < 1.29 is 23.9 Å². The summed E-state index contributed by atoms with van der Waals surface area (Å²) in [6.45, 7) is 0. The third-order valence-electron chi connectivity index (χ3n) is 4.92. The van der Waals surface area contributed by atoms with Gasteiger partial charge in [0.15, 0.2) is 0 Å². The first-order chi connectivity index (χ1) is 14.0. The van der Waals surface area contributed by atoms with Crippen LogP contribution in [-0.4, -0.2) is 31.2 Å². The quantitative estimate of drug-likeness (QED) is 0.539. The third kappa shape index (κ3) is 4.96. The molecule has 0 spiro atoms. The number of nitrogens with zero attached hydrogens (tertiary/aromatic N) is 1. The van der Waals surface area contributed by atoms with E-state index in [1.54, 1.807) is 18.2 Å². The van der Waals surface area contributed by atoms with Gasteiger partial charge in [0, 0.05) is 12.1 Å². The summed E-state index contributed by atoms with van der Waals surface area (Å²) in [6, 6.07) is 9.06. The molecule has 0 aromatic heterocycles. The number of amides is 1. The van der Waals surface area contributed by atoms with Crippen LogP contribution in [0.2, 0.25) is 0 Å². The fourth-order valence-corrected chi connectivity index (χ4v) is 3.36. The average Bonchev–Trinajstić information content (AvgIpc) is 2.74. The van der Waals surface area contributed by atoms with E-state index in [0.717, 1.165) is 32.1 Å². The summed E-state index contributed by atoms with van der Waals surface area (Å²) in [5, 5.41) is 14.0. The molecule has 0 unspecified atom stereocenters. The molecule has 0 heterocycles. The van der Waals surface area contributed by atoms with Crippen LogP contribution in [0.4, 0.5) is 11.4 Å². The normalized spacial score (nSPS) is 14.1. The highest BCUT2D eigenvalue weighted by Crippen LogP contribution is 2.34. The summed E-state index contributed by atoms with van der Waals surface area (Å²) < 4.78 is 16.5. The van der Waals surface area contributed by atoms with Gasteiger partial charge < -0.3 is 19.5 Å². The summed E-state index contributed by atoms with van der Waals surface area (Å²) in [6.07, 6.45) is 5.05. The van der Waals surface area contributed by atoms with Crippen molar-refractivity contribution in [3.8, 4) is 17.2 Å². The molecule has 1 saturated carbocycles. The highest BCUT2D eigenvalue weighted by Gasteiger charge is 2.21. The van der Waals surface area contributed by atoms with E-state index in [9.17, 15) is 14.9 Å². The van der Waals surface area contributed by atoms with Crippen LogP contribution in [0.5, 0.6) is 17.2 Å². The van der Waals surface area contributed by atoms with E-state index >= 15 is 0 Å². The van der Waals surface area contributed by atoms with Crippen LogP contribution >= 0.6 is 0 Å². The maximum atomic E-state index is 12.8. The minimum atomic E-state index is -0.480. The van der Waals surface area contributed by atoms with E-state index in [2.05, 4.69) is 5.32 Å². The molecule has 1 aliphatic carbocycles. The molecule has 1 fully saturated rings. The summed E-state index contributed by atoms with van der Waals surface area (Å²) in [5.74, 6) is 0.812. The second-order valence-corrected chi connectivity index (χ2v) is 6.84. The van der Waals surface area contributed by atoms with Gasteiger partial charge in [0.2, 0.25) is 0 Å². The summed E-state index contributed by atoms with van der Waals surface area (Å²) >= 11 is 0. The standard InChI is InChI=1S/C21H24N2O6/c1-27-16-9-10-17(19(13-16)28-2)21(24)22-18-11-8-14(23(25)26)12-20(18)29-15-6-4-3-5-7-15/h8-13,15H,3-7H2,1-2H3,(H,22,24). The molecule has 3 rings (SSSR count). The summed E-state index contributed by atoms with van der Waals surface area (Å²) in [7, 11) is 3.00. The lowest BCUT2D eigenvalue weighted by Gasteiger charge is -2.24. The van der Waals surface area contributed by atoms with Crippen molar-refractivity contribution in [1.82, 2.24) is 0 Å². The number of methoxy groups -OCH3 is 2. The topological polar surface area (TPSA) is 99.9 Å². The van der Waals surface area contributed by atoms with Gasteiger partial charge in [-0.1, -0.05) is 6.42 Å². The highest BCUT2D eigenvalue weighted by molar-refractivity contribution is 6.07. The van der Waals surface area contributed by atoms with E-state index in [1.807, 2.05) is 0 Å². The Morgan fingerprint density at radius 1 is 1.03 bits per heavy atom. The van der Waals surface area contributed by atoms with Crippen LogP contribution in [0.3, 0.4) is 0 Å². The molecular weight excluding hydrogens is 376 g/mol. The zero-order chi connectivity index (χ0) is 20.8. The molecule has 8 heteroatoms. The van der Waals surface area contributed by atoms with Crippen molar-refractivity contribution in [2.45, 2.75) is 38.2 Å². The van der Waals surface area contributed by atoms with E-state index in [-0.39, 0.29) is 11.8 Å². The van der Waals surface area contributed by atoms with Crippen molar-refractivity contribution in [2.24, 2.45) is 0 Å². The zero-order valence-corrected chi connectivity index (χ0v) is 16.5. The number of ether oxygens (including phenoxy) is 3. The van der Waals surface area contributed by atoms with Gasteiger partial charge in [-0.2, -0.15) is 0 Å². The lowest BCUT2D eigenvalue weighted by atomic mass is 9.98. The Morgan fingerprint density at radius 2 is 1.79 bits per heavy atom. The monoisotopic (exact) mass is 400 g/mol. The maximum absolute atomic E-state index is 12.8. The summed E-state index contributed by atoms with van der Waals surface area (Å²) in [4.78, 5) is 23.5. The number of hydrogen-bond acceptors (Lipinski definition) is 6. The van der Waals surface area contributed by atoms with Crippen LogP contribution in [0, 0.1) is 10.1 Å². The van der Waals surface area contributed by atoms with Gasteiger partial charge in [-0.15, -0.1) is 0 Å².